The lowest BCUT2D eigenvalue weighted by molar-refractivity contribution is 0.132. The van der Waals surface area contributed by atoms with Crippen molar-refractivity contribution in [2.24, 2.45) is 5.92 Å². The van der Waals surface area contributed by atoms with Crippen LogP contribution in [0.4, 0.5) is 0 Å². The van der Waals surface area contributed by atoms with Crippen molar-refractivity contribution < 1.29 is 9.47 Å². The number of nitrogens with one attached hydrogen (secondary N) is 1. The summed E-state index contributed by atoms with van der Waals surface area (Å²) in [6.07, 6.45) is 0.947. The van der Waals surface area contributed by atoms with Gasteiger partial charge in [0.15, 0.2) is 11.5 Å². The van der Waals surface area contributed by atoms with E-state index in [1.807, 2.05) is 12.1 Å². The molecule has 1 heterocycles. The molecule has 1 aliphatic heterocycles. The molecule has 0 aromatic heterocycles. The highest BCUT2D eigenvalue weighted by molar-refractivity contribution is 5.50. The van der Waals surface area contributed by atoms with Gasteiger partial charge in [-0.3, -0.25) is 0 Å². The first-order chi connectivity index (χ1) is 9.39. The van der Waals surface area contributed by atoms with E-state index < -0.39 is 0 Å². The van der Waals surface area contributed by atoms with Crippen LogP contribution in [0.5, 0.6) is 11.5 Å². The number of ether oxygens (including phenoxy) is 2. The molecule has 0 spiro atoms. The first-order valence-electron chi connectivity index (χ1n) is 7.56. The largest absolute Gasteiger partial charge is 0.488 e. The Morgan fingerprint density at radius 1 is 1.30 bits per heavy atom. The van der Waals surface area contributed by atoms with Crippen LogP contribution in [0.15, 0.2) is 18.2 Å². The third-order valence-corrected chi connectivity index (χ3v) is 3.88. The van der Waals surface area contributed by atoms with Gasteiger partial charge >= 0.3 is 0 Å². The van der Waals surface area contributed by atoms with Crippen LogP contribution in [0.2, 0.25) is 0 Å². The van der Waals surface area contributed by atoms with Crippen LogP contribution in [0.25, 0.3) is 0 Å². The molecular formula is C17H27NO2. The lowest BCUT2D eigenvalue weighted by atomic mass is 10.0. The Hall–Kier alpha value is -1.22. The molecule has 1 aliphatic rings. The third kappa shape index (κ3) is 3.66. The fourth-order valence-electron chi connectivity index (χ4n) is 2.38. The molecule has 0 amide bonds. The molecule has 1 N–H and O–H groups in total. The number of para-hydroxylation sites is 1. The van der Waals surface area contributed by atoms with Crippen molar-refractivity contribution in [3.8, 4) is 11.5 Å². The first-order valence-corrected chi connectivity index (χ1v) is 7.56. The van der Waals surface area contributed by atoms with Crippen LogP contribution in [-0.4, -0.2) is 24.8 Å². The summed E-state index contributed by atoms with van der Waals surface area (Å²) in [7, 11) is 0. The highest BCUT2D eigenvalue weighted by atomic mass is 16.5. The van der Waals surface area contributed by atoms with E-state index in [0.717, 1.165) is 24.5 Å². The van der Waals surface area contributed by atoms with Crippen LogP contribution in [0, 0.1) is 5.92 Å². The predicted octanol–water partition coefficient (Wildman–Crippen LogP) is 3.41. The van der Waals surface area contributed by atoms with Crippen LogP contribution in [-0.2, 0) is 6.42 Å². The second-order valence-corrected chi connectivity index (χ2v) is 6.62. The van der Waals surface area contributed by atoms with E-state index in [0.29, 0.717) is 18.6 Å². The maximum Gasteiger partial charge on any atom is 0.165 e. The van der Waals surface area contributed by atoms with Gasteiger partial charge in [0, 0.05) is 24.6 Å². The molecule has 0 radical (unpaired) electrons. The summed E-state index contributed by atoms with van der Waals surface area (Å²) in [5.74, 6) is 2.43. The summed E-state index contributed by atoms with van der Waals surface area (Å²) >= 11 is 0. The fourth-order valence-corrected chi connectivity index (χ4v) is 2.38. The Kier molecular flexibility index (Phi) is 4.59. The minimum atomic E-state index is -0.119. The quantitative estimate of drug-likeness (QED) is 0.808. The van der Waals surface area contributed by atoms with E-state index in [1.54, 1.807) is 0 Å². The van der Waals surface area contributed by atoms with Gasteiger partial charge in [-0.1, -0.05) is 26.0 Å². The molecule has 0 aliphatic carbocycles. The number of benzene rings is 1. The van der Waals surface area contributed by atoms with Gasteiger partial charge in [0.2, 0.25) is 0 Å². The van der Waals surface area contributed by atoms with Gasteiger partial charge in [-0.05, 0) is 32.8 Å². The van der Waals surface area contributed by atoms with Crippen LogP contribution >= 0.6 is 0 Å². The molecule has 20 heavy (non-hydrogen) atoms. The van der Waals surface area contributed by atoms with E-state index in [2.05, 4.69) is 46.0 Å². The smallest absolute Gasteiger partial charge is 0.165 e. The van der Waals surface area contributed by atoms with Gasteiger partial charge in [0.1, 0.15) is 12.2 Å². The Balaban J connectivity index is 1.88. The Bertz CT molecular complexity index is 454. The molecule has 3 nitrogen and oxygen atoms in total. The van der Waals surface area contributed by atoms with E-state index in [-0.39, 0.29) is 5.60 Å². The van der Waals surface area contributed by atoms with Crippen molar-refractivity contribution in [3.05, 3.63) is 23.8 Å². The van der Waals surface area contributed by atoms with Gasteiger partial charge < -0.3 is 14.8 Å². The van der Waals surface area contributed by atoms with E-state index in [1.165, 1.54) is 5.56 Å². The molecular weight excluding hydrogens is 250 g/mol. The van der Waals surface area contributed by atoms with Crippen molar-refractivity contribution in [2.45, 2.75) is 52.7 Å². The molecule has 0 saturated carbocycles. The standard InChI is InChI=1S/C17H27NO2/c1-12(2)13(3)18-9-10-19-15-8-6-7-14-11-17(4,5)20-16(14)15/h6-8,12-13,18H,9-11H2,1-5H3. The van der Waals surface area contributed by atoms with E-state index in [4.69, 9.17) is 9.47 Å². The highest BCUT2D eigenvalue weighted by Crippen LogP contribution is 2.41. The van der Waals surface area contributed by atoms with Crippen LogP contribution in [0.3, 0.4) is 0 Å². The normalized spacial score (nSPS) is 17.7. The van der Waals surface area contributed by atoms with Gasteiger partial charge in [0.05, 0.1) is 0 Å². The van der Waals surface area contributed by atoms with E-state index in [9.17, 15) is 0 Å². The molecule has 0 fully saturated rings. The van der Waals surface area contributed by atoms with Crippen molar-refractivity contribution in [1.82, 2.24) is 5.32 Å². The topological polar surface area (TPSA) is 30.5 Å². The van der Waals surface area contributed by atoms with E-state index >= 15 is 0 Å². The molecule has 1 atom stereocenters. The molecule has 112 valence electrons. The average Bonchev–Trinajstić information content (AvgIpc) is 2.68. The Morgan fingerprint density at radius 2 is 2.05 bits per heavy atom. The number of hydrogen-bond donors (Lipinski definition) is 1. The monoisotopic (exact) mass is 277 g/mol. The molecule has 1 aromatic rings. The minimum Gasteiger partial charge on any atom is -0.488 e. The first kappa shape index (κ1) is 15.2. The highest BCUT2D eigenvalue weighted by Gasteiger charge is 2.32. The van der Waals surface area contributed by atoms with Gasteiger partial charge in [-0.15, -0.1) is 0 Å². The molecule has 0 saturated heterocycles. The maximum absolute atomic E-state index is 6.00. The zero-order valence-electron chi connectivity index (χ0n) is 13.3. The van der Waals surface area contributed by atoms with Crippen molar-refractivity contribution in [1.29, 1.82) is 0 Å². The summed E-state index contributed by atoms with van der Waals surface area (Å²) in [6, 6.07) is 6.67. The predicted molar refractivity (Wildman–Crippen MR) is 82.7 cm³/mol. The summed E-state index contributed by atoms with van der Waals surface area (Å²) < 4.78 is 11.9. The summed E-state index contributed by atoms with van der Waals surface area (Å²) in [5.41, 5.74) is 1.13. The number of rotatable bonds is 6. The van der Waals surface area contributed by atoms with Crippen molar-refractivity contribution >= 4 is 0 Å². The maximum atomic E-state index is 6.00. The zero-order chi connectivity index (χ0) is 14.8. The summed E-state index contributed by atoms with van der Waals surface area (Å²) in [5, 5.41) is 3.47. The second kappa shape index (κ2) is 6.04. The fraction of sp³-hybridized carbons (Fsp3) is 0.647. The summed E-state index contributed by atoms with van der Waals surface area (Å²) in [6.45, 7) is 12.4. The molecule has 0 bridgehead atoms. The number of fused-ring (bicyclic) bond motifs is 1. The summed E-state index contributed by atoms with van der Waals surface area (Å²) in [4.78, 5) is 0. The van der Waals surface area contributed by atoms with Gasteiger partial charge in [-0.2, -0.15) is 0 Å². The van der Waals surface area contributed by atoms with Crippen LogP contribution in [0.1, 0.15) is 40.2 Å². The number of hydrogen-bond acceptors (Lipinski definition) is 3. The molecule has 2 rings (SSSR count). The molecule has 1 aromatic carbocycles. The van der Waals surface area contributed by atoms with Crippen molar-refractivity contribution in [2.75, 3.05) is 13.2 Å². The average molecular weight is 277 g/mol. The lowest BCUT2D eigenvalue weighted by Crippen LogP contribution is -2.33. The lowest BCUT2D eigenvalue weighted by Gasteiger charge is -2.19. The third-order valence-electron chi connectivity index (χ3n) is 3.88. The van der Waals surface area contributed by atoms with Crippen LogP contribution < -0.4 is 14.8 Å². The molecule has 3 heteroatoms. The minimum absolute atomic E-state index is 0.119. The SMILES string of the molecule is CC(C)C(C)NCCOc1cccc2c1OC(C)(C)C2. The zero-order valence-corrected chi connectivity index (χ0v) is 13.3. The molecule has 1 unspecified atom stereocenters. The van der Waals surface area contributed by atoms with Crippen molar-refractivity contribution in [3.63, 3.8) is 0 Å². The second-order valence-electron chi connectivity index (χ2n) is 6.62. The Labute approximate surface area is 122 Å². The van der Waals surface area contributed by atoms with Gasteiger partial charge in [-0.25, -0.2) is 0 Å². The van der Waals surface area contributed by atoms with Gasteiger partial charge in [0.25, 0.3) is 0 Å². The Morgan fingerprint density at radius 3 is 2.75 bits per heavy atom.